The monoisotopic (exact) mass is 334 g/mol. The smallest absolute Gasteiger partial charge is 0.236 e. The highest BCUT2D eigenvalue weighted by atomic mass is 32.2. The third-order valence-electron chi connectivity index (χ3n) is 3.99. The van der Waals surface area contributed by atoms with Crippen molar-refractivity contribution < 1.29 is 9.59 Å². The molecule has 23 heavy (non-hydrogen) atoms. The minimum absolute atomic E-state index is 0.0107. The Morgan fingerprint density at radius 1 is 1.35 bits per heavy atom. The fourth-order valence-corrected chi connectivity index (χ4v) is 4.04. The minimum Gasteiger partial charge on any atom is -0.356 e. The fraction of sp³-hybridized carbons (Fsp3) is 0.556. The van der Waals surface area contributed by atoms with Crippen molar-refractivity contribution in [2.45, 2.75) is 44.7 Å². The highest BCUT2D eigenvalue weighted by molar-refractivity contribution is 8.01. The van der Waals surface area contributed by atoms with Gasteiger partial charge in [0, 0.05) is 19.5 Å². The van der Waals surface area contributed by atoms with E-state index < -0.39 is 0 Å². The predicted molar refractivity (Wildman–Crippen MR) is 95.2 cm³/mol. The second kappa shape index (κ2) is 7.86. The first-order chi connectivity index (χ1) is 10.9. The number of amides is 2. The Balaban J connectivity index is 2.04. The average molecular weight is 334 g/mol. The third kappa shape index (κ3) is 4.50. The van der Waals surface area contributed by atoms with Crippen molar-refractivity contribution in [2.75, 3.05) is 13.1 Å². The summed E-state index contributed by atoms with van der Waals surface area (Å²) in [5.41, 5.74) is 2.35. The number of hydrogen-bond acceptors (Lipinski definition) is 3. The summed E-state index contributed by atoms with van der Waals surface area (Å²) in [5, 5.41) is 2.87. The van der Waals surface area contributed by atoms with Crippen molar-refractivity contribution in [1.29, 1.82) is 0 Å². The Labute approximate surface area is 143 Å². The molecule has 1 fully saturated rings. The lowest BCUT2D eigenvalue weighted by atomic mass is 10.1. The van der Waals surface area contributed by atoms with Gasteiger partial charge in [-0.2, -0.15) is 0 Å². The summed E-state index contributed by atoms with van der Waals surface area (Å²) in [7, 11) is 0. The van der Waals surface area contributed by atoms with Gasteiger partial charge in [0.15, 0.2) is 0 Å². The van der Waals surface area contributed by atoms with Crippen LogP contribution in [0.3, 0.4) is 0 Å². The number of thioether (sulfide) groups is 1. The van der Waals surface area contributed by atoms with Gasteiger partial charge < -0.3 is 10.2 Å². The Morgan fingerprint density at radius 3 is 2.70 bits per heavy atom. The lowest BCUT2D eigenvalue weighted by Gasteiger charge is -2.25. The van der Waals surface area contributed by atoms with Crippen LogP contribution in [0.25, 0.3) is 0 Å². The number of carbonyl (C=O) groups excluding carboxylic acids is 2. The van der Waals surface area contributed by atoms with E-state index in [4.69, 9.17) is 0 Å². The SMILES string of the molecule is Cc1ccccc1[C@H]1S[C@@H](C)C(=O)N1CCC(=O)NCC(C)C. The number of hydrogen-bond donors (Lipinski definition) is 1. The molecule has 1 heterocycles. The minimum atomic E-state index is -0.0571. The number of carbonyl (C=O) groups is 2. The highest BCUT2D eigenvalue weighted by Gasteiger charge is 2.38. The van der Waals surface area contributed by atoms with Crippen LogP contribution in [0.15, 0.2) is 24.3 Å². The third-order valence-corrected chi connectivity index (χ3v) is 5.36. The molecular weight excluding hydrogens is 308 g/mol. The predicted octanol–water partition coefficient (Wildman–Crippen LogP) is 3.12. The molecule has 4 nitrogen and oxygen atoms in total. The molecule has 1 aliphatic rings. The van der Waals surface area contributed by atoms with E-state index in [0.717, 1.165) is 5.56 Å². The van der Waals surface area contributed by atoms with Crippen LogP contribution in [0.4, 0.5) is 0 Å². The Kier molecular flexibility index (Phi) is 6.10. The molecule has 2 rings (SSSR count). The van der Waals surface area contributed by atoms with Crippen LogP contribution in [0.1, 0.15) is 43.7 Å². The molecular formula is C18H26N2O2S. The fourth-order valence-electron chi connectivity index (χ4n) is 2.63. The van der Waals surface area contributed by atoms with E-state index in [0.29, 0.717) is 25.4 Å². The number of benzene rings is 1. The lowest BCUT2D eigenvalue weighted by molar-refractivity contribution is -0.130. The highest BCUT2D eigenvalue weighted by Crippen LogP contribution is 2.43. The van der Waals surface area contributed by atoms with Crippen LogP contribution in [0.2, 0.25) is 0 Å². The van der Waals surface area contributed by atoms with Gasteiger partial charge in [-0.25, -0.2) is 0 Å². The van der Waals surface area contributed by atoms with E-state index >= 15 is 0 Å². The van der Waals surface area contributed by atoms with E-state index in [1.807, 2.05) is 24.0 Å². The molecule has 0 aliphatic carbocycles. The topological polar surface area (TPSA) is 49.4 Å². The Morgan fingerprint density at radius 2 is 2.04 bits per heavy atom. The van der Waals surface area contributed by atoms with Crippen LogP contribution in [-0.2, 0) is 9.59 Å². The van der Waals surface area contributed by atoms with Crippen molar-refractivity contribution in [3.63, 3.8) is 0 Å². The van der Waals surface area contributed by atoms with Crippen molar-refractivity contribution in [1.82, 2.24) is 10.2 Å². The molecule has 5 heteroatoms. The first-order valence-corrected chi connectivity index (χ1v) is 9.12. The number of nitrogens with one attached hydrogen (secondary N) is 1. The molecule has 2 atom stereocenters. The first-order valence-electron chi connectivity index (χ1n) is 8.18. The van der Waals surface area contributed by atoms with Gasteiger partial charge in [-0.3, -0.25) is 9.59 Å². The number of aryl methyl sites for hydroxylation is 1. The lowest BCUT2D eigenvalue weighted by Crippen LogP contribution is -2.35. The summed E-state index contributed by atoms with van der Waals surface area (Å²) in [6.45, 7) is 9.29. The molecule has 1 aromatic carbocycles. The summed E-state index contributed by atoms with van der Waals surface area (Å²) in [4.78, 5) is 26.3. The molecule has 1 N–H and O–H groups in total. The van der Waals surface area contributed by atoms with Crippen molar-refractivity contribution in [3.05, 3.63) is 35.4 Å². The molecule has 0 unspecified atom stereocenters. The van der Waals surface area contributed by atoms with Crippen LogP contribution in [-0.4, -0.2) is 35.1 Å². The van der Waals surface area contributed by atoms with Crippen LogP contribution < -0.4 is 5.32 Å². The molecule has 0 bridgehead atoms. The molecule has 1 aromatic rings. The van der Waals surface area contributed by atoms with E-state index in [-0.39, 0.29) is 22.4 Å². The molecule has 0 aromatic heterocycles. The normalized spacial score (nSPS) is 21.1. The number of rotatable bonds is 6. The summed E-state index contributed by atoms with van der Waals surface area (Å²) < 4.78 is 0. The summed E-state index contributed by atoms with van der Waals surface area (Å²) in [5.74, 6) is 0.571. The van der Waals surface area contributed by atoms with Crippen LogP contribution >= 0.6 is 11.8 Å². The molecule has 126 valence electrons. The van der Waals surface area contributed by atoms with Crippen molar-refractivity contribution in [3.8, 4) is 0 Å². The second-order valence-corrected chi connectivity index (χ2v) is 7.89. The quantitative estimate of drug-likeness (QED) is 0.869. The van der Waals surface area contributed by atoms with Gasteiger partial charge in [-0.15, -0.1) is 11.8 Å². The van der Waals surface area contributed by atoms with Gasteiger partial charge in [0.25, 0.3) is 0 Å². The summed E-state index contributed by atoms with van der Waals surface area (Å²) in [6, 6.07) is 8.15. The van der Waals surface area contributed by atoms with Gasteiger partial charge in [-0.05, 0) is 30.9 Å². The molecule has 1 aliphatic heterocycles. The van der Waals surface area contributed by atoms with E-state index in [2.05, 4.69) is 38.2 Å². The second-order valence-electron chi connectivity index (χ2n) is 6.47. The standard InChI is InChI=1S/C18H26N2O2S/c1-12(2)11-19-16(21)9-10-20-17(22)14(4)23-18(20)15-8-6-5-7-13(15)3/h5-8,12,14,18H,9-11H2,1-4H3,(H,19,21)/t14-,18+/m0/s1. The zero-order valence-corrected chi connectivity index (χ0v) is 15.2. The zero-order chi connectivity index (χ0) is 17.0. The van der Waals surface area contributed by atoms with Gasteiger partial charge in [0.05, 0.1) is 5.25 Å². The van der Waals surface area contributed by atoms with Gasteiger partial charge in [0.1, 0.15) is 5.37 Å². The molecule has 2 amide bonds. The van der Waals surface area contributed by atoms with Crippen molar-refractivity contribution >= 4 is 23.6 Å². The maximum absolute atomic E-state index is 12.5. The Hall–Kier alpha value is -1.49. The van der Waals surface area contributed by atoms with Crippen molar-refractivity contribution in [2.24, 2.45) is 5.92 Å². The molecule has 0 saturated carbocycles. The number of nitrogens with zero attached hydrogens (tertiary/aromatic N) is 1. The van der Waals surface area contributed by atoms with Gasteiger partial charge in [0.2, 0.25) is 11.8 Å². The maximum Gasteiger partial charge on any atom is 0.236 e. The van der Waals surface area contributed by atoms with E-state index in [1.54, 1.807) is 11.8 Å². The van der Waals surface area contributed by atoms with E-state index in [1.165, 1.54) is 5.56 Å². The zero-order valence-electron chi connectivity index (χ0n) is 14.3. The van der Waals surface area contributed by atoms with E-state index in [9.17, 15) is 9.59 Å². The first kappa shape index (κ1) is 17.9. The van der Waals surface area contributed by atoms with Gasteiger partial charge in [-0.1, -0.05) is 38.1 Å². The summed E-state index contributed by atoms with van der Waals surface area (Å²) in [6.07, 6.45) is 0.355. The van der Waals surface area contributed by atoms with Crippen LogP contribution in [0, 0.1) is 12.8 Å². The Bertz CT molecular complexity index is 574. The maximum atomic E-state index is 12.5. The largest absolute Gasteiger partial charge is 0.356 e. The molecule has 0 spiro atoms. The van der Waals surface area contributed by atoms with Crippen LogP contribution in [0.5, 0.6) is 0 Å². The average Bonchev–Trinajstić information content (AvgIpc) is 2.79. The van der Waals surface area contributed by atoms with Gasteiger partial charge >= 0.3 is 0 Å². The summed E-state index contributed by atoms with van der Waals surface area (Å²) >= 11 is 1.66. The molecule has 0 radical (unpaired) electrons. The molecule has 1 saturated heterocycles.